The lowest BCUT2D eigenvalue weighted by molar-refractivity contribution is -0.129. The van der Waals surface area contributed by atoms with E-state index in [4.69, 9.17) is 4.74 Å². The van der Waals surface area contributed by atoms with Crippen LogP contribution in [0.4, 0.5) is 0 Å². The number of carbonyl (C=O) groups excluding carboxylic acids is 2. The van der Waals surface area contributed by atoms with Gasteiger partial charge >= 0.3 is 0 Å². The Labute approximate surface area is 148 Å². The van der Waals surface area contributed by atoms with Crippen molar-refractivity contribution in [2.45, 2.75) is 44.7 Å². The van der Waals surface area contributed by atoms with Gasteiger partial charge in [-0.2, -0.15) is 0 Å². The van der Waals surface area contributed by atoms with Crippen LogP contribution in [0, 0.1) is 17.8 Å². The average Bonchev–Trinajstić information content (AvgIpc) is 3.31. The summed E-state index contributed by atoms with van der Waals surface area (Å²) in [5.41, 5.74) is 1.03. The Morgan fingerprint density at radius 1 is 1.32 bits per heavy atom. The highest BCUT2D eigenvalue weighted by Crippen LogP contribution is 2.44. The highest BCUT2D eigenvalue weighted by molar-refractivity contribution is 5.89. The van der Waals surface area contributed by atoms with Gasteiger partial charge in [0, 0.05) is 25.6 Å². The molecule has 25 heavy (non-hydrogen) atoms. The molecule has 1 heterocycles. The lowest BCUT2D eigenvalue weighted by Gasteiger charge is -2.24. The smallest absolute Gasteiger partial charge is 0.225 e. The molecule has 1 aliphatic heterocycles. The Morgan fingerprint density at radius 3 is 2.92 bits per heavy atom. The monoisotopic (exact) mass is 342 g/mol. The molecule has 2 saturated carbocycles. The highest BCUT2D eigenvalue weighted by atomic mass is 16.5. The third-order valence-electron chi connectivity index (χ3n) is 6.16. The van der Waals surface area contributed by atoms with Crippen molar-refractivity contribution in [3.05, 3.63) is 29.8 Å². The maximum atomic E-state index is 12.6. The molecule has 2 aliphatic carbocycles. The van der Waals surface area contributed by atoms with Crippen molar-refractivity contribution >= 4 is 11.8 Å². The molecule has 1 N–H and O–H groups in total. The van der Waals surface area contributed by atoms with E-state index >= 15 is 0 Å². The Bertz CT molecular complexity index is 675. The minimum atomic E-state index is -0.211. The van der Waals surface area contributed by atoms with Crippen molar-refractivity contribution in [2.24, 2.45) is 17.8 Å². The molecule has 1 aromatic carbocycles. The number of hydrogen-bond donors (Lipinski definition) is 1. The van der Waals surface area contributed by atoms with Gasteiger partial charge in [0.2, 0.25) is 11.8 Å². The first-order valence-electron chi connectivity index (χ1n) is 9.33. The molecular weight excluding hydrogens is 316 g/mol. The molecule has 134 valence electrons. The van der Waals surface area contributed by atoms with E-state index in [2.05, 4.69) is 5.32 Å². The predicted molar refractivity (Wildman–Crippen MR) is 93.9 cm³/mol. The van der Waals surface area contributed by atoms with Gasteiger partial charge in [-0.25, -0.2) is 0 Å². The van der Waals surface area contributed by atoms with Crippen LogP contribution < -0.4 is 10.1 Å². The molecule has 4 atom stereocenters. The molecule has 0 spiro atoms. The molecule has 1 aromatic rings. The number of rotatable bonds is 5. The molecule has 1 saturated heterocycles. The molecule has 5 heteroatoms. The fourth-order valence-electron chi connectivity index (χ4n) is 4.81. The van der Waals surface area contributed by atoms with Gasteiger partial charge in [0.15, 0.2) is 0 Å². The van der Waals surface area contributed by atoms with E-state index in [-0.39, 0.29) is 17.7 Å². The highest BCUT2D eigenvalue weighted by Gasteiger charge is 2.42. The first kappa shape index (κ1) is 16.4. The number of amides is 2. The van der Waals surface area contributed by atoms with Crippen molar-refractivity contribution in [3.63, 3.8) is 0 Å². The van der Waals surface area contributed by atoms with Gasteiger partial charge in [0.05, 0.1) is 13.0 Å². The quantitative estimate of drug-likeness (QED) is 0.894. The summed E-state index contributed by atoms with van der Waals surface area (Å²) in [6.07, 6.45) is 5.31. The second-order valence-corrected chi connectivity index (χ2v) is 7.82. The molecule has 0 radical (unpaired) electrons. The van der Waals surface area contributed by atoms with E-state index in [1.807, 2.05) is 24.3 Å². The van der Waals surface area contributed by atoms with Crippen LogP contribution >= 0.6 is 0 Å². The number of hydrogen-bond acceptors (Lipinski definition) is 3. The minimum Gasteiger partial charge on any atom is -0.497 e. The minimum absolute atomic E-state index is 0.0657. The average molecular weight is 342 g/mol. The largest absolute Gasteiger partial charge is 0.497 e. The number of nitrogens with one attached hydrogen (secondary N) is 1. The standard InChI is InChI=1S/C20H26N2O3/c1-25-17-4-2-3-14(8-17)11-22-12-16(10-19(22)23)20(24)21-18-9-13-5-6-15(18)7-13/h2-4,8,13,15-16,18H,5-7,9-12H2,1H3,(H,21,24)/t13-,15-,16+,18-/m0/s1. The molecular formula is C20H26N2O3. The normalized spacial score (nSPS) is 30.8. The van der Waals surface area contributed by atoms with Crippen LogP contribution in [0.15, 0.2) is 24.3 Å². The first-order chi connectivity index (χ1) is 12.1. The summed E-state index contributed by atoms with van der Waals surface area (Å²) in [7, 11) is 1.64. The van der Waals surface area contributed by atoms with Gasteiger partial charge in [-0.3, -0.25) is 9.59 Å². The molecule has 4 rings (SSSR count). The molecule has 0 unspecified atom stereocenters. The summed E-state index contributed by atoms with van der Waals surface area (Å²) in [4.78, 5) is 26.7. The van der Waals surface area contributed by atoms with Crippen molar-refractivity contribution in [1.82, 2.24) is 10.2 Å². The van der Waals surface area contributed by atoms with Gasteiger partial charge in [-0.15, -0.1) is 0 Å². The van der Waals surface area contributed by atoms with Crippen LogP contribution in [0.5, 0.6) is 5.75 Å². The molecule has 2 bridgehead atoms. The third kappa shape index (κ3) is 3.37. The molecule has 0 aromatic heterocycles. The predicted octanol–water partition coefficient (Wildman–Crippen LogP) is 2.35. The summed E-state index contributed by atoms with van der Waals surface area (Å²) in [5, 5.41) is 3.24. The summed E-state index contributed by atoms with van der Waals surface area (Å²) >= 11 is 0. The van der Waals surface area contributed by atoms with Crippen LogP contribution in [-0.4, -0.2) is 36.4 Å². The van der Waals surface area contributed by atoms with E-state index < -0.39 is 0 Å². The van der Waals surface area contributed by atoms with E-state index in [0.29, 0.717) is 31.5 Å². The van der Waals surface area contributed by atoms with Crippen LogP contribution in [0.3, 0.4) is 0 Å². The van der Waals surface area contributed by atoms with Crippen molar-refractivity contribution in [1.29, 1.82) is 0 Å². The number of benzene rings is 1. The number of nitrogens with zero attached hydrogens (tertiary/aromatic N) is 1. The van der Waals surface area contributed by atoms with Crippen molar-refractivity contribution in [2.75, 3.05) is 13.7 Å². The van der Waals surface area contributed by atoms with Gasteiger partial charge in [0.1, 0.15) is 5.75 Å². The fourth-order valence-corrected chi connectivity index (χ4v) is 4.81. The molecule has 3 aliphatic rings. The van der Waals surface area contributed by atoms with E-state index in [1.165, 1.54) is 19.3 Å². The zero-order valence-corrected chi connectivity index (χ0v) is 14.7. The summed E-state index contributed by atoms with van der Waals surface area (Å²) in [5.74, 6) is 2.19. The number of carbonyl (C=O) groups is 2. The lowest BCUT2D eigenvalue weighted by atomic mass is 9.94. The van der Waals surface area contributed by atoms with E-state index in [0.717, 1.165) is 23.7 Å². The van der Waals surface area contributed by atoms with Crippen molar-refractivity contribution < 1.29 is 14.3 Å². The fraction of sp³-hybridized carbons (Fsp3) is 0.600. The second-order valence-electron chi connectivity index (χ2n) is 7.82. The summed E-state index contributed by atoms with van der Waals surface area (Å²) < 4.78 is 5.24. The van der Waals surface area contributed by atoms with Crippen LogP contribution in [-0.2, 0) is 16.1 Å². The summed E-state index contributed by atoms with van der Waals surface area (Å²) in [6.45, 7) is 1.05. The van der Waals surface area contributed by atoms with Crippen LogP contribution in [0.1, 0.15) is 37.7 Å². The van der Waals surface area contributed by atoms with Crippen LogP contribution in [0.25, 0.3) is 0 Å². The SMILES string of the molecule is COc1cccc(CN2C[C@H](C(=O)N[C@H]3C[C@H]4CC[C@H]3C4)CC2=O)c1. The lowest BCUT2D eigenvalue weighted by Crippen LogP contribution is -2.42. The number of fused-ring (bicyclic) bond motifs is 2. The second kappa shape index (κ2) is 6.70. The first-order valence-corrected chi connectivity index (χ1v) is 9.33. The zero-order valence-electron chi connectivity index (χ0n) is 14.7. The maximum absolute atomic E-state index is 12.6. The Kier molecular flexibility index (Phi) is 4.40. The Balaban J connectivity index is 1.34. The van der Waals surface area contributed by atoms with E-state index in [1.54, 1.807) is 12.0 Å². The topological polar surface area (TPSA) is 58.6 Å². The van der Waals surface area contributed by atoms with Gasteiger partial charge < -0.3 is 15.0 Å². The summed E-state index contributed by atoms with van der Waals surface area (Å²) in [6, 6.07) is 8.08. The number of ether oxygens (including phenoxy) is 1. The van der Waals surface area contributed by atoms with Crippen LogP contribution in [0.2, 0.25) is 0 Å². The third-order valence-corrected chi connectivity index (χ3v) is 6.16. The van der Waals surface area contributed by atoms with Crippen molar-refractivity contribution in [3.8, 4) is 5.75 Å². The van der Waals surface area contributed by atoms with Gasteiger partial charge in [-0.05, 0) is 48.8 Å². The maximum Gasteiger partial charge on any atom is 0.225 e. The molecule has 5 nitrogen and oxygen atoms in total. The molecule has 3 fully saturated rings. The number of methoxy groups -OCH3 is 1. The van der Waals surface area contributed by atoms with Gasteiger partial charge in [-0.1, -0.05) is 18.6 Å². The zero-order chi connectivity index (χ0) is 17.4. The Morgan fingerprint density at radius 2 is 2.20 bits per heavy atom. The van der Waals surface area contributed by atoms with E-state index in [9.17, 15) is 9.59 Å². The molecule has 2 amide bonds. The van der Waals surface area contributed by atoms with Gasteiger partial charge in [0.25, 0.3) is 0 Å². The number of likely N-dealkylation sites (tertiary alicyclic amines) is 1. The Hall–Kier alpha value is -2.04.